The van der Waals surface area contributed by atoms with Crippen LogP contribution in [-0.4, -0.2) is 66.6 Å². The molecular formula is C18H26N2O4. The van der Waals surface area contributed by atoms with Crippen molar-refractivity contribution in [1.82, 2.24) is 9.80 Å². The van der Waals surface area contributed by atoms with Gasteiger partial charge in [0.25, 0.3) is 5.91 Å². The topological polar surface area (TPSA) is 70.1 Å². The number of nitrogens with zero attached hydrogens (tertiary/aromatic N) is 2. The van der Waals surface area contributed by atoms with E-state index in [0.29, 0.717) is 44.8 Å². The van der Waals surface area contributed by atoms with E-state index in [1.807, 2.05) is 18.7 Å². The van der Waals surface area contributed by atoms with E-state index in [0.717, 1.165) is 0 Å². The van der Waals surface area contributed by atoms with E-state index in [1.54, 1.807) is 30.2 Å². The number of amides is 2. The third kappa shape index (κ3) is 4.06. The Morgan fingerprint density at radius 1 is 1.12 bits per heavy atom. The number of hydrogen-bond acceptors (Lipinski definition) is 4. The zero-order valence-electron chi connectivity index (χ0n) is 14.6. The average Bonchev–Trinajstić information content (AvgIpc) is 2.59. The number of benzene rings is 1. The van der Waals surface area contributed by atoms with Gasteiger partial charge in [-0.1, -0.05) is 26.0 Å². The number of carbonyl (C=O) groups is 2. The second kappa shape index (κ2) is 7.66. The fourth-order valence-corrected chi connectivity index (χ4v) is 2.83. The van der Waals surface area contributed by atoms with Crippen LogP contribution in [0.3, 0.4) is 0 Å². The molecule has 2 rings (SSSR count). The van der Waals surface area contributed by atoms with Crippen molar-refractivity contribution in [2.75, 3.05) is 39.9 Å². The van der Waals surface area contributed by atoms with Gasteiger partial charge in [0.1, 0.15) is 5.75 Å². The molecule has 6 heteroatoms. The summed E-state index contributed by atoms with van der Waals surface area (Å²) in [5, 5.41) is 9.82. The normalized spacial score (nSPS) is 15.5. The largest absolute Gasteiger partial charge is 0.507 e. The first kappa shape index (κ1) is 18.3. The van der Waals surface area contributed by atoms with Gasteiger partial charge < -0.3 is 19.6 Å². The number of para-hydroxylation sites is 1. The van der Waals surface area contributed by atoms with Gasteiger partial charge in [0.2, 0.25) is 5.91 Å². The molecule has 6 nitrogen and oxygen atoms in total. The lowest BCUT2D eigenvalue weighted by Crippen LogP contribution is -2.53. The van der Waals surface area contributed by atoms with Gasteiger partial charge >= 0.3 is 0 Å². The maximum atomic E-state index is 12.7. The number of piperazine rings is 1. The fourth-order valence-electron chi connectivity index (χ4n) is 2.83. The summed E-state index contributed by atoms with van der Waals surface area (Å²) in [5.74, 6) is -0.116. The number of methoxy groups -OCH3 is 1. The molecule has 24 heavy (non-hydrogen) atoms. The van der Waals surface area contributed by atoms with Crippen molar-refractivity contribution >= 4 is 11.8 Å². The maximum Gasteiger partial charge on any atom is 0.257 e. The molecule has 0 unspecified atom stereocenters. The van der Waals surface area contributed by atoms with Crippen LogP contribution < -0.4 is 0 Å². The maximum absolute atomic E-state index is 12.7. The van der Waals surface area contributed by atoms with Crippen LogP contribution in [0, 0.1) is 5.41 Å². The molecule has 2 amide bonds. The summed E-state index contributed by atoms with van der Waals surface area (Å²) >= 11 is 0. The van der Waals surface area contributed by atoms with Gasteiger partial charge in [0.05, 0.1) is 5.56 Å². The molecule has 0 saturated carbocycles. The van der Waals surface area contributed by atoms with E-state index < -0.39 is 5.41 Å². The summed E-state index contributed by atoms with van der Waals surface area (Å²) in [7, 11) is 1.63. The predicted octanol–water partition coefficient (Wildman–Crippen LogP) is 1.74. The second-order valence-electron chi connectivity index (χ2n) is 6.73. The van der Waals surface area contributed by atoms with Gasteiger partial charge in [-0.15, -0.1) is 0 Å². The average molecular weight is 334 g/mol. The van der Waals surface area contributed by atoms with Gasteiger partial charge in [-0.2, -0.15) is 0 Å². The molecule has 1 aromatic carbocycles. The van der Waals surface area contributed by atoms with Gasteiger partial charge in [-0.25, -0.2) is 0 Å². The Morgan fingerprint density at radius 2 is 1.71 bits per heavy atom. The van der Waals surface area contributed by atoms with Crippen LogP contribution >= 0.6 is 0 Å². The lowest BCUT2D eigenvalue weighted by molar-refractivity contribution is -0.142. The van der Waals surface area contributed by atoms with Gasteiger partial charge in [0, 0.05) is 45.3 Å². The monoisotopic (exact) mass is 334 g/mol. The quantitative estimate of drug-likeness (QED) is 0.890. The van der Waals surface area contributed by atoms with E-state index in [4.69, 9.17) is 4.74 Å². The van der Waals surface area contributed by atoms with E-state index in [9.17, 15) is 14.7 Å². The van der Waals surface area contributed by atoms with Gasteiger partial charge in [-0.3, -0.25) is 9.59 Å². The second-order valence-corrected chi connectivity index (χ2v) is 6.73. The molecule has 0 radical (unpaired) electrons. The van der Waals surface area contributed by atoms with Crippen LogP contribution in [0.1, 0.15) is 30.6 Å². The van der Waals surface area contributed by atoms with Crippen molar-refractivity contribution in [3.63, 3.8) is 0 Å². The van der Waals surface area contributed by atoms with Crippen molar-refractivity contribution in [2.45, 2.75) is 20.3 Å². The van der Waals surface area contributed by atoms with Crippen molar-refractivity contribution in [1.29, 1.82) is 0 Å². The molecule has 0 aliphatic carbocycles. The van der Waals surface area contributed by atoms with Crippen LogP contribution in [0.2, 0.25) is 0 Å². The lowest BCUT2D eigenvalue weighted by Gasteiger charge is -2.38. The minimum Gasteiger partial charge on any atom is -0.507 e. The molecule has 1 aromatic rings. The van der Waals surface area contributed by atoms with Gasteiger partial charge in [-0.05, 0) is 18.6 Å². The summed E-state index contributed by atoms with van der Waals surface area (Å²) in [5.41, 5.74) is -0.169. The molecule has 1 aliphatic rings. The van der Waals surface area contributed by atoms with Crippen LogP contribution in [-0.2, 0) is 9.53 Å². The number of aromatic hydroxyl groups is 1. The highest BCUT2D eigenvalue weighted by Gasteiger charge is 2.34. The Bertz CT molecular complexity index is 592. The molecule has 1 N–H and O–H groups in total. The Morgan fingerprint density at radius 3 is 2.29 bits per heavy atom. The van der Waals surface area contributed by atoms with E-state index in [1.165, 1.54) is 6.07 Å². The molecule has 0 bridgehead atoms. The van der Waals surface area contributed by atoms with Crippen molar-refractivity contribution in [2.24, 2.45) is 5.41 Å². The fraction of sp³-hybridized carbons (Fsp3) is 0.556. The standard InChI is InChI=1S/C18H26N2O4/c1-18(2,8-13-24-3)17(23)20-11-9-19(10-12-20)16(22)14-6-4-5-7-15(14)21/h4-7,21H,8-13H2,1-3H3. The smallest absolute Gasteiger partial charge is 0.257 e. The Kier molecular flexibility index (Phi) is 5.83. The number of ether oxygens (including phenoxy) is 1. The van der Waals surface area contributed by atoms with Crippen LogP contribution in [0.5, 0.6) is 5.75 Å². The zero-order valence-corrected chi connectivity index (χ0v) is 14.6. The highest BCUT2D eigenvalue weighted by molar-refractivity contribution is 5.97. The molecule has 1 saturated heterocycles. The first-order chi connectivity index (χ1) is 11.4. The van der Waals surface area contributed by atoms with Crippen molar-refractivity contribution in [3.05, 3.63) is 29.8 Å². The molecule has 0 aromatic heterocycles. The summed E-state index contributed by atoms with van der Waals surface area (Å²) in [6, 6.07) is 6.53. The van der Waals surface area contributed by atoms with Crippen LogP contribution in [0.4, 0.5) is 0 Å². The minimum absolute atomic E-state index is 0.0123. The molecule has 0 atom stereocenters. The Hall–Kier alpha value is -2.08. The predicted molar refractivity (Wildman–Crippen MR) is 90.9 cm³/mol. The van der Waals surface area contributed by atoms with Gasteiger partial charge in [0.15, 0.2) is 0 Å². The molecule has 1 heterocycles. The molecular weight excluding hydrogens is 308 g/mol. The minimum atomic E-state index is -0.472. The SMILES string of the molecule is COCCC(C)(C)C(=O)N1CCN(C(=O)c2ccccc2O)CC1. The third-order valence-electron chi connectivity index (χ3n) is 4.50. The summed E-state index contributed by atoms with van der Waals surface area (Å²) < 4.78 is 5.08. The first-order valence-electron chi connectivity index (χ1n) is 8.22. The number of rotatable bonds is 5. The number of phenolic OH excluding ortho intramolecular Hbond substituents is 1. The van der Waals surface area contributed by atoms with E-state index in [-0.39, 0.29) is 17.6 Å². The molecule has 0 spiro atoms. The zero-order chi connectivity index (χ0) is 17.7. The highest BCUT2D eigenvalue weighted by Crippen LogP contribution is 2.25. The third-order valence-corrected chi connectivity index (χ3v) is 4.50. The number of hydrogen-bond donors (Lipinski definition) is 1. The van der Waals surface area contributed by atoms with Crippen molar-refractivity contribution < 1.29 is 19.4 Å². The molecule has 1 aliphatic heterocycles. The molecule has 1 fully saturated rings. The highest BCUT2D eigenvalue weighted by atomic mass is 16.5. The van der Waals surface area contributed by atoms with E-state index in [2.05, 4.69) is 0 Å². The Balaban J connectivity index is 1.95. The Labute approximate surface area is 143 Å². The number of carbonyl (C=O) groups excluding carboxylic acids is 2. The van der Waals surface area contributed by atoms with E-state index >= 15 is 0 Å². The van der Waals surface area contributed by atoms with Crippen LogP contribution in [0.25, 0.3) is 0 Å². The van der Waals surface area contributed by atoms with Crippen LogP contribution in [0.15, 0.2) is 24.3 Å². The lowest BCUT2D eigenvalue weighted by atomic mass is 9.87. The van der Waals surface area contributed by atoms with Crippen molar-refractivity contribution in [3.8, 4) is 5.75 Å². The summed E-state index contributed by atoms with van der Waals surface area (Å²) in [4.78, 5) is 28.6. The first-order valence-corrected chi connectivity index (χ1v) is 8.22. The summed E-state index contributed by atoms with van der Waals surface area (Å²) in [6.07, 6.45) is 0.666. The summed E-state index contributed by atoms with van der Waals surface area (Å²) in [6.45, 7) is 6.36. The molecule has 132 valence electrons. The number of phenols is 1.